The van der Waals surface area contributed by atoms with Gasteiger partial charge < -0.3 is 8.94 Å². The van der Waals surface area contributed by atoms with E-state index in [2.05, 4.69) is 15.1 Å². The molecule has 0 aliphatic carbocycles. The third-order valence-corrected chi connectivity index (χ3v) is 4.04. The summed E-state index contributed by atoms with van der Waals surface area (Å²) in [5, 5.41) is 3.96. The van der Waals surface area contributed by atoms with Gasteiger partial charge >= 0.3 is 0 Å². The van der Waals surface area contributed by atoms with E-state index >= 15 is 0 Å². The summed E-state index contributed by atoms with van der Waals surface area (Å²) in [5.41, 5.74) is 0.394. The van der Waals surface area contributed by atoms with Crippen molar-refractivity contribution in [2.24, 2.45) is 0 Å². The van der Waals surface area contributed by atoms with Gasteiger partial charge in [-0.1, -0.05) is 25.1 Å². The first-order valence-electron chi connectivity index (χ1n) is 7.97. The fourth-order valence-electron chi connectivity index (χ4n) is 2.40. The number of nitrogens with zero attached hydrogens (tertiary/aromatic N) is 3. The van der Waals surface area contributed by atoms with Crippen molar-refractivity contribution in [3.8, 4) is 11.5 Å². The van der Waals surface area contributed by atoms with E-state index in [1.54, 1.807) is 6.07 Å². The molecule has 0 amide bonds. The molecule has 0 saturated carbocycles. The minimum absolute atomic E-state index is 0.122. The minimum atomic E-state index is -2.57. The first-order valence-corrected chi connectivity index (χ1v) is 7.97. The Kier molecular flexibility index (Phi) is 4.41. The molecule has 0 N–H and O–H groups in total. The lowest BCUT2D eigenvalue weighted by atomic mass is 9.85. The van der Waals surface area contributed by atoms with Gasteiger partial charge in [0.25, 0.3) is 6.43 Å². The lowest BCUT2D eigenvalue weighted by Gasteiger charge is -2.21. The molecule has 0 aliphatic heterocycles. The molecule has 3 aromatic rings. The van der Waals surface area contributed by atoms with Crippen LogP contribution in [0.4, 0.5) is 8.78 Å². The molecule has 132 valence electrons. The zero-order chi connectivity index (χ0) is 18.2. The van der Waals surface area contributed by atoms with Gasteiger partial charge in [-0.3, -0.25) is 0 Å². The number of hydrogen-bond acceptors (Lipinski definition) is 5. The average molecular weight is 347 g/mol. The van der Waals surface area contributed by atoms with Crippen molar-refractivity contribution >= 4 is 0 Å². The van der Waals surface area contributed by atoms with Gasteiger partial charge in [-0.15, -0.1) is 0 Å². The van der Waals surface area contributed by atoms with Crippen molar-refractivity contribution in [2.45, 2.75) is 45.5 Å². The molecule has 0 aliphatic rings. The number of halogens is 2. The Bertz CT molecular complexity index is 869. The largest absolute Gasteiger partial charge is 0.468 e. The van der Waals surface area contributed by atoms with Crippen molar-refractivity contribution in [1.82, 2.24) is 15.1 Å². The summed E-state index contributed by atoms with van der Waals surface area (Å²) in [7, 11) is 0. The van der Waals surface area contributed by atoms with Crippen molar-refractivity contribution in [1.29, 1.82) is 0 Å². The number of rotatable bonds is 5. The molecular weight excluding hydrogens is 328 g/mol. The maximum atomic E-state index is 12.8. The Balaban J connectivity index is 1.96. The SMILES string of the molecule is CC(C)c1nc(-c2cccc(C(C)(C)c3cc(C(F)F)co3)n2)no1. The molecule has 3 aromatic heterocycles. The van der Waals surface area contributed by atoms with Crippen LogP contribution in [0.15, 0.2) is 39.5 Å². The number of alkyl halides is 2. The van der Waals surface area contributed by atoms with Gasteiger partial charge in [-0.25, -0.2) is 13.8 Å². The molecule has 7 heteroatoms. The Morgan fingerprint density at radius 3 is 2.48 bits per heavy atom. The zero-order valence-corrected chi connectivity index (χ0v) is 14.5. The van der Waals surface area contributed by atoms with E-state index in [1.165, 1.54) is 6.07 Å². The summed E-state index contributed by atoms with van der Waals surface area (Å²) in [6.45, 7) is 7.65. The van der Waals surface area contributed by atoms with Gasteiger partial charge in [0, 0.05) is 5.92 Å². The Labute approximate surface area is 144 Å². The number of furan rings is 1. The Morgan fingerprint density at radius 1 is 1.12 bits per heavy atom. The van der Waals surface area contributed by atoms with E-state index in [1.807, 2.05) is 39.8 Å². The van der Waals surface area contributed by atoms with Crippen LogP contribution in [-0.2, 0) is 5.41 Å². The zero-order valence-electron chi connectivity index (χ0n) is 14.5. The van der Waals surface area contributed by atoms with E-state index in [0.29, 0.717) is 28.9 Å². The molecule has 0 fully saturated rings. The van der Waals surface area contributed by atoms with Crippen LogP contribution in [0, 0.1) is 0 Å². The van der Waals surface area contributed by atoms with E-state index in [9.17, 15) is 8.78 Å². The summed E-state index contributed by atoms with van der Waals surface area (Å²) in [6, 6.07) is 6.78. The summed E-state index contributed by atoms with van der Waals surface area (Å²) in [4.78, 5) is 8.93. The van der Waals surface area contributed by atoms with E-state index in [0.717, 1.165) is 6.26 Å². The van der Waals surface area contributed by atoms with Crippen LogP contribution in [0.2, 0.25) is 0 Å². The highest BCUT2D eigenvalue weighted by molar-refractivity contribution is 5.49. The van der Waals surface area contributed by atoms with Gasteiger partial charge in [0.1, 0.15) is 11.5 Å². The highest BCUT2D eigenvalue weighted by Crippen LogP contribution is 2.34. The maximum Gasteiger partial charge on any atom is 0.266 e. The molecule has 25 heavy (non-hydrogen) atoms. The van der Waals surface area contributed by atoms with Crippen LogP contribution >= 0.6 is 0 Å². The lowest BCUT2D eigenvalue weighted by molar-refractivity contribution is 0.150. The summed E-state index contributed by atoms with van der Waals surface area (Å²) in [6.07, 6.45) is -1.49. The summed E-state index contributed by atoms with van der Waals surface area (Å²) >= 11 is 0. The lowest BCUT2D eigenvalue weighted by Crippen LogP contribution is -2.20. The van der Waals surface area contributed by atoms with Gasteiger partial charge in [-0.2, -0.15) is 4.98 Å². The Hall–Kier alpha value is -2.57. The molecule has 0 saturated heterocycles. The van der Waals surface area contributed by atoms with E-state index < -0.39 is 11.8 Å². The normalized spacial score (nSPS) is 12.3. The maximum absolute atomic E-state index is 12.8. The standard InChI is InChI=1S/C18H19F2N3O2/c1-10(2)17-22-16(23-25-17)12-6-5-7-13(21-12)18(3,4)14-8-11(9-24-14)15(19)20/h5-10,15H,1-4H3. The van der Waals surface area contributed by atoms with Gasteiger partial charge in [0.2, 0.25) is 11.7 Å². The van der Waals surface area contributed by atoms with E-state index in [-0.39, 0.29) is 11.5 Å². The summed E-state index contributed by atoms with van der Waals surface area (Å²) in [5.74, 6) is 1.48. The molecule has 5 nitrogen and oxygen atoms in total. The minimum Gasteiger partial charge on any atom is -0.468 e. The molecule has 0 spiro atoms. The summed E-state index contributed by atoms with van der Waals surface area (Å²) < 4.78 is 36.2. The van der Waals surface area contributed by atoms with E-state index in [4.69, 9.17) is 8.94 Å². The molecule has 3 rings (SSSR count). The molecule has 0 unspecified atom stereocenters. The molecule has 0 aromatic carbocycles. The van der Waals surface area contributed by atoms with Crippen LogP contribution in [0.3, 0.4) is 0 Å². The van der Waals surface area contributed by atoms with Crippen molar-refractivity contribution < 1.29 is 17.7 Å². The second-order valence-electron chi connectivity index (χ2n) is 6.69. The molecule has 0 radical (unpaired) electrons. The van der Waals surface area contributed by atoms with Crippen LogP contribution in [-0.4, -0.2) is 15.1 Å². The molecule has 3 heterocycles. The number of hydrogen-bond donors (Lipinski definition) is 0. The van der Waals surface area contributed by atoms with Crippen LogP contribution in [0.5, 0.6) is 0 Å². The predicted molar refractivity (Wildman–Crippen MR) is 87.4 cm³/mol. The van der Waals surface area contributed by atoms with Crippen molar-refractivity contribution in [3.05, 3.63) is 53.4 Å². The van der Waals surface area contributed by atoms with Gasteiger partial charge in [0.05, 0.1) is 22.9 Å². The predicted octanol–water partition coefficient (Wildman–Crippen LogP) is 5.11. The molecule has 0 atom stereocenters. The highest BCUT2D eigenvalue weighted by atomic mass is 19.3. The smallest absolute Gasteiger partial charge is 0.266 e. The van der Waals surface area contributed by atoms with Gasteiger partial charge in [0.15, 0.2) is 0 Å². The van der Waals surface area contributed by atoms with Crippen molar-refractivity contribution in [3.63, 3.8) is 0 Å². The quantitative estimate of drug-likeness (QED) is 0.641. The molecule has 0 bridgehead atoms. The molecular formula is C18H19F2N3O2. The number of pyridine rings is 1. The fraction of sp³-hybridized carbons (Fsp3) is 0.389. The Morgan fingerprint density at radius 2 is 1.88 bits per heavy atom. The second kappa shape index (κ2) is 6.38. The monoisotopic (exact) mass is 347 g/mol. The van der Waals surface area contributed by atoms with Crippen molar-refractivity contribution in [2.75, 3.05) is 0 Å². The third kappa shape index (κ3) is 3.31. The van der Waals surface area contributed by atoms with Gasteiger partial charge in [-0.05, 0) is 32.0 Å². The fourth-order valence-corrected chi connectivity index (χ4v) is 2.40. The second-order valence-corrected chi connectivity index (χ2v) is 6.69. The van der Waals surface area contributed by atoms with Crippen LogP contribution in [0.25, 0.3) is 11.5 Å². The average Bonchev–Trinajstić information content (AvgIpc) is 3.25. The highest BCUT2D eigenvalue weighted by Gasteiger charge is 2.30. The van der Waals surface area contributed by atoms with Crippen LogP contribution < -0.4 is 0 Å². The van der Waals surface area contributed by atoms with Crippen LogP contribution in [0.1, 0.15) is 62.9 Å². The first-order chi connectivity index (χ1) is 11.8. The topological polar surface area (TPSA) is 65.0 Å². The number of aromatic nitrogens is 3. The third-order valence-electron chi connectivity index (χ3n) is 4.04. The first kappa shape index (κ1) is 17.3.